The number of carbonyl (C=O) groups excluding carboxylic acids is 3. The van der Waals surface area contributed by atoms with E-state index in [2.05, 4.69) is 13.8 Å². The number of carboxylic acids is 1. The summed E-state index contributed by atoms with van der Waals surface area (Å²) in [7, 11) is 5.91. The van der Waals surface area contributed by atoms with E-state index in [0.29, 0.717) is 17.4 Å². The molecule has 0 saturated carbocycles. The number of hydrogen-bond donors (Lipinski definition) is 0. The average molecular weight is 784 g/mol. The van der Waals surface area contributed by atoms with Crippen molar-refractivity contribution in [2.75, 3.05) is 47.5 Å². The van der Waals surface area contributed by atoms with Crippen molar-refractivity contribution in [2.24, 2.45) is 0 Å². The largest absolute Gasteiger partial charge is 0.545 e. The van der Waals surface area contributed by atoms with E-state index in [1.807, 2.05) is 21.1 Å². The van der Waals surface area contributed by atoms with Crippen LogP contribution in [0.5, 0.6) is 0 Å². The second-order valence-electron chi connectivity index (χ2n) is 17.1. The summed E-state index contributed by atoms with van der Waals surface area (Å²) in [5.74, 6) is -2.27. The summed E-state index contributed by atoms with van der Waals surface area (Å²) >= 11 is 0. The normalized spacial score (nSPS) is 12.8. The Morgan fingerprint density at radius 1 is 0.473 bits per heavy atom. The third-order valence-electron chi connectivity index (χ3n) is 10.4. The molecule has 2 unspecified atom stereocenters. The van der Waals surface area contributed by atoms with Gasteiger partial charge in [-0.3, -0.25) is 9.59 Å². The number of carbonyl (C=O) groups is 3. The molecule has 0 amide bonds. The van der Waals surface area contributed by atoms with Crippen LogP contribution in [0.4, 0.5) is 0 Å². The van der Waals surface area contributed by atoms with Crippen LogP contribution in [0.25, 0.3) is 0 Å². The van der Waals surface area contributed by atoms with Gasteiger partial charge in [-0.05, 0) is 12.8 Å². The van der Waals surface area contributed by atoms with Crippen molar-refractivity contribution in [1.29, 1.82) is 0 Å². The fourth-order valence-corrected chi connectivity index (χ4v) is 6.71. The van der Waals surface area contributed by atoms with Gasteiger partial charge >= 0.3 is 11.9 Å². The molecule has 0 aliphatic heterocycles. The molecule has 9 heteroatoms. The van der Waals surface area contributed by atoms with E-state index in [1.165, 1.54) is 154 Å². The quantitative estimate of drug-likeness (QED) is 0.0260. The Morgan fingerprint density at radius 3 is 1.16 bits per heavy atom. The monoisotopic (exact) mass is 784 g/mol. The van der Waals surface area contributed by atoms with Crippen LogP contribution >= 0.6 is 0 Å². The van der Waals surface area contributed by atoms with Crippen LogP contribution in [0.1, 0.15) is 219 Å². The fourth-order valence-electron chi connectivity index (χ4n) is 6.71. The molecule has 0 bridgehead atoms. The Hall–Kier alpha value is -1.71. The number of esters is 2. The molecule has 0 N–H and O–H groups in total. The van der Waals surface area contributed by atoms with Crippen LogP contribution in [-0.2, 0) is 33.3 Å². The minimum absolute atomic E-state index is 0.152. The van der Waals surface area contributed by atoms with Gasteiger partial charge in [0.15, 0.2) is 12.4 Å². The SMILES string of the molecule is CCCCCCCCCCCCCCCCCCCCCCCCC(=O)OC(COC(=O)CCCCCCCCCC)COC(OCC[N+](C)(C)C)C(=O)[O-]. The van der Waals surface area contributed by atoms with E-state index >= 15 is 0 Å². The summed E-state index contributed by atoms with van der Waals surface area (Å²) < 4.78 is 22.5. The fraction of sp³-hybridized carbons (Fsp3) is 0.935. The lowest BCUT2D eigenvalue weighted by atomic mass is 10.0. The maximum absolute atomic E-state index is 12.7. The van der Waals surface area contributed by atoms with Gasteiger partial charge < -0.3 is 33.3 Å². The number of carboxylic acid groups (broad SMARTS) is 1. The van der Waals surface area contributed by atoms with Crippen molar-refractivity contribution in [1.82, 2.24) is 0 Å². The third kappa shape index (κ3) is 40.3. The Kier molecular flexibility index (Phi) is 37.9. The summed E-state index contributed by atoms with van der Waals surface area (Å²) in [4.78, 5) is 36.8. The smallest absolute Gasteiger partial charge is 0.306 e. The minimum Gasteiger partial charge on any atom is -0.545 e. The molecule has 0 spiro atoms. The Balaban J connectivity index is 4.21. The number of unbranched alkanes of at least 4 members (excludes halogenated alkanes) is 28. The molecule has 0 aromatic rings. The molecule has 0 rings (SSSR count). The Labute approximate surface area is 339 Å². The molecule has 0 aliphatic rings. The molecule has 0 fully saturated rings. The predicted molar refractivity (Wildman–Crippen MR) is 224 cm³/mol. The van der Waals surface area contributed by atoms with Crippen LogP contribution in [0.2, 0.25) is 0 Å². The van der Waals surface area contributed by atoms with Crippen molar-refractivity contribution >= 4 is 17.9 Å². The second kappa shape index (κ2) is 39.1. The highest BCUT2D eigenvalue weighted by molar-refractivity contribution is 5.70. The van der Waals surface area contributed by atoms with Crippen molar-refractivity contribution in [3.8, 4) is 0 Å². The average Bonchev–Trinajstić information content (AvgIpc) is 3.14. The number of hydrogen-bond acceptors (Lipinski definition) is 8. The van der Waals surface area contributed by atoms with Crippen molar-refractivity contribution in [3.05, 3.63) is 0 Å². The molecule has 326 valence electrons. The molecular weight excluding hydrogens is 695 g/mol. The summed E-state index contributed by atoms with van der Waals surface area (Å²) in [6.45, 7) is 4.74. The van der Waals surface area contributed by atoms with Gasteiger partial charge in [0.05, 0.1) is 40.3 Å². The van der Waals surface area contributed by atoms with Gasteiger partial charge in [-0.25, -0.2) is 0 Å². The molecule has 0 aromatic carbocycles. The zero-order chi connectivity index (χ0) is 40.7. The topological polar surface area (TPSA) is 111 Å². The summed E-state index contributed by atoms with van der Waals surface area (Å²) in [6, 6.07) is 0. The van der Waals surface area contributed by atoms with Crippen LogP contribution < -0.4 is 5.11 Å². The van der Waals surface area contributed by atoms with E-state index in [4.69, 9.17) is 18.9 Å². The molecular formula is C46H89NO8. The first-order chi connectivity index (χ1) is 26.6. The highest BCUT2D eigenvalue weighted by atomic mass is 16.7. The number of rotatable bonds is 43. The highest BCUT2D eigenvalue weighted by Crippen LogP contribution is 2.16. The van der Waals surface area contributed by atoms with Crippen molar-refractivity contribution in [3.63, 3.8) is 0 Å². The zero-order valence-electron chi connectivity index (χ0n) is 36.8. The predicted octanol–water partition coefficient (Wildman–Crippen LogP) is 10.8. The Morgan fingerprint density at radius 2 is 0.818 bits per heavy atom. The number of ether oxygens (including phenoxy) is 4. The highest BCUT2D eigenvalue weighted by Gasteiger charge is 2.21. The van der Waals surface area contributed by atoms with E-state index in [9.17, 15) is 19.5 Å². The van der Waals surface area contributed by atoms with Crippen LogP contribution in [0.15, 0.2) is 0 Å². The molecule has 9 nitrogen and oxygen atoms in total. The molecule has 0 aromatic heterocycles. The number of aliphatic carboxylic acids is 1. The third-order valence-corrected chi connectivity index (χ3v) is 10.4. The van der Waals surface area contributed by atoms with Gasteiger partial charge in [-0.15, -0.1) is 0 Å². The molecule has 0 radical (unpaired) electrons. The lowest BCUT2D eigenvalue weighted by Crippen LogP contribution is -2.44. The minimum atomic E-state index is -1.61. The Bertz CT molecular complexity index is 876. The van der Waals surface area contributed by atoms with Gasteiger partial charge in [0.1, 0.15) is 13.2 Å². The molecule has 0 aliphatic carbocycles. The second-order valence-corrected chi connectivity index (χ2v) is 17.1. The van der Waals surface area contributed by atoms with Gasteiger partial charge in [0.25, 0.3) is 0 Å². The summed E-state index contributed by atoms with van der Waals surface area (Å²) in [6.07, 6.45) is 35.8. The van der Waals surface area contributed by atoms with E-state index in [1.54, 1.807) is 0 Å². The molecule has 2 atom stereocenters. The van der Waals surface area contributed by atoms with Crippen molar-refractivity contribution in [2.45, 2.75) is 232 Å². The first kappa shape index (κ1) is 53.3. The first-order valence-corrected chi connectivity index (χ1v) is 23.2. The van der Waals surface area contributed by atoms with E-state index in [-0.39, 0.29) is 32.2 Å². The van der Waals surface area contributed by atoms with Gasteiger partial charge in [-0.1, -0.05) is 194 Å². The number of likely N-dealkylation sites (N-methyl/N-ethyl adjacent to an activating group) is 1. The number of quaternary nitrogens is 1. The zero-order valence-corrected chi connectivity index (χ0v) is 36.8. The van der Waals surface area contributed by atoms with Crippen LogP contribution in [0, 0.1) is 0 Å². The summed E-state index contributed by atoms with van der Waals surface area (Å²) in [5, 5.41) is 11.7. The first-order valence-electron chi connectivity index (χ1n) is 23.2. The summed E-state index contributed by atoms with van der Waals surface area (Å²) in [5.41, 5.74) is 0. The van der Waals surface area contributed by atoms with Gasteiger partial charge in [-0.2, -0.15) is 0 Å². The van der Waals surface area contributed by atoms with Gasteiger partial charge in [0.2, 0.25) is 0 Å². The molecule has 0 heterocycles. The molecule has 55 heavy (non-hydrogen) atoms. The lowest BCUT2D eigenvalue weighted by Gasteiger charge is -2.26. The number of nitrogens with zero attached hydrogens (tertiary/aromatic N) is 1. The maximum atomic E-state index is 12.7. The van der Waals surface area contributed by atoms with Crippen LogP contribution in [0.3, 0.4) is 0 Å². The van der Waals surface area contributed by atoms with Crippen LogP contribution in [-0.4, -0.2) is 82.3 Å². The lowest BCUT2D eigenvalue weighted by molar-refractivity contribution is -0.870. The van der Waals surface area contributed by atoms with E-state index < -0.39 is 24.3 Å². The van der Waals surface area contributed by atoms with Crippen molar-refractivity contribution < 1.29 is 42.9 Å². The standard InChI is InChI=1S/C46H89NO8/c1-6-8-10-12-14-16-17-18-19-20-21-22-23-24-25-26-27-28-29-31-33-35-37-44(49)55-42(41-54-46(45(50)51)52-39-38-47(3,4)5)40-53-43(48)36-34-32-30-15-13-11-9-7-2/h42,46H,6-41H2,1-5H3. The van der Waals surface area contributed by atoms with E-state index in [0.717, 1.165) is 38.5 Å². The maximum Gasteiger partial charge on any atom is 0.306 e. The molecule has 0 saturated heterocycles. The van der Waals surface area contributed by atoms with Gasteiger partial charge in [0, 0.05) is 12.8 Å².